The van der Waals surface area contributed by atoms with Crippen molar-refractivity contribution in [2.24, 2.45) is 34.2 Å². The number of allylic oxidation sites excluding steroid dienone is 2. The molecule has 9 heteroatoms. The summed E-state index contributed by atoms with van der Waals surface area (Å²) in [6, 6.07) is 5.92. The van der Waals surface area contributed by atoms with Crippen LogP contribution in [0.5, 0.6) is 0 Å². The van der Waals surface area contributed by atoms with Gasteiger partial charge in [-0.25, -0.2) is 0 Å². The molecule has 4 aliphatic rings. The summed E-state index contributed by atoms with van der Waals surface area (Å²) in [5, 5.41) is 5.08. The SMILES string of the molecule is O=C1[C@@H]2[C@H](C(=O)N1/N=C\c1ccc(-c3cc(C(F)(F)F)ccc3Cl)o1)[C@@H]1C=C[C@H]2C12CC2. The van der Waals surface area contributed by atoms with Gasteiger partial charge in [-0.1, -0.05) is 23.8 Å². The van der Waals surface area contributed by atoms with Crippen molar-refractivity contribution in [2.45, 2.75) is 19.0 Å². The number of hydrazone groups is 1. The number of hydrogen-bond acceptors (Lipinski definition) is 4. The summed E-state index contributed by atoms with van der Waals surface area (Å²) in [4.78, 5) is 25.9. The second-order valence-corrected chi connectivity index (χ2v) is 9.26. The van der Waals surface area contributed by atoms with Crippen molar-refractivity contribution in [3.05, 3.63) is 58.8 Å². The lowest BCUT2D eigenvalue weighted by Crippen LogP contribution is -2.30. The maximum absolute atomic E-state index is 13.0. The van der Waals surface area contributed by atoms with Gasteiger partial charge in [-0.15, -0.1) is 0 Å². The summed E-state index contributed by atoms with van der Waals surface area (Å²) in [7, 11) is 0. The van der Waals surface area contributed by atoms with Crippen LogP contribution in [0.4, 0.5) is 13.2 Å². The van der Waals surface area contributed by atoms with Gasteiger partial charge in [0.05, 0.1) is 28.6 Å². The van der Waals surface area contributed by atoms with Crippen molar-refractivity contribution in [2.75, 3.05) is 0 Å². The number of amides is 2. The molecule has 1 aromatic heterocycles. The number of hydrogen-bond donors (Lipinski definition) is 0. The van der Waals surface area contributed by atoms with Gasteiger partial charge in [0, 0.05) is 5.56 Å². The van der Waals surface area contributed by atoms with E-state index in [9.17, 15) is 22.8 Å². The Labute approximate surface area is 185 Å². The maximum Gasteiger partial charge on any atom is 0.416 e. The first-order chi connectivity index (χ1) is 15.2. The van der Waals surface area contributed by atoms with Gasteiger partial charge >= 0.3 is 6.18 Å². The average Bonchev–Trinajstić information content (AvgIpc) is 3.03. The minimum atomic E-state index is -4.52. The quantitative estimate of drug-likeness (QED) is 0.361. The fraction of sp³-hybridized carbons (Fsp3) is 0.348. The van der Waals surface area contributed by atoms with E-state index in [0.717, 1.165) is 36.0 Å². The van der Waals surface area contributed by atoms with Crippen LogP contribution in [0.1, 0.15) is 24.2 Å². The predicted octanol–water partition coefficient (Wildman–Crippen LogP) is 5.15. The predicted molar refractivity (Wildman–Crippen MR) is 108 cm³/mol. The highest BCUT2D eigenvalue weighted by Gasteiger charge is 2.73. The van der Waals surface area contributed by atoms with Gasteiger partial charge in [0.1, 0.15) is 11.5 Å². The molecule has 0 N–H and O–H groups in total. The zero-order valence-electron chi connectivity index (χ0n) is 16.5. The van der Waals surface area contributed by atoms with Crippen molar-refractivity contribution in [3.63, 3.8) is 0 Å². The molecule has 2 amide bonds. The van der Waals surface area contributed by atoms with Gasteiger partial charge in [0.2, 0.25) is 0 Å². The van der Waals surface area contributed by atoms with Crippen LogP contribution in [0.15, 0.2) is 52.0 Å². The van der Waals surface area contributed by atoms with Crippen LogP contribution in [0, 0.1) is 29.1 Å². The molecule has 3 fully saturated rings. The van der Waals surface area contributed by atoms with Gasteiger partial charge in [-0.3, -0.25) is 9.59 Å². The molecule has 5 nitrogen and oxygen atoms in total. The Morgan fingerprint density at radius 3 is 2.31 bits per heavy atom. The Morgan fingerprint density at radius 2 is 1.72 bits per heavy atom. The standard InChI is InChI=1S/C23H16ClF3N2O3/c24-16-5-1-11(23(25,26)27)9-13(16)17-6-2-12(32-17)10-28-29-20(30)18-14-3-4-15(19(18)21(29)31)22(14)7-8-22/h1-6,9-10,14-15,18-19H,7-8H2/b28-10-/t14-,15+,18+,19-. The van der Waals surface area contributed by atoms with Crippen molar-refractivity contribution in [3.8, 4) is 11.3 Å². The second kappa shape index (κ2) is 6.34. The van der Waals surface area contributed by atoms with Gasteiger partial charge in [-0.2, -0.15) is 23.3 Å². The zero-order valence-corrected chi connectivity index (χ0v) is 17.2. The number of nitrogens with zero attached hydrogens (tertiary/aromatic N) is 2. The molecule has 6 rings (SSSR count). The van der Waals surface area contributed by atoms with Crippen LogP contribution >= 0.6 is 11.6 Å². The largest absolute Gasteiger partial charge is 0.455 e. The van der Waals surface area contributed by atoms with E-state index >= 15 is 0 Å². The van der Waals surface area contributed by atoms with Crippen molar-refractivity contribution in [1.82, 2.24) is 5.01 Å². The minimum Gasteiger partial charge on any atom is -0.455 e. The van der Waals surface area contributed by atoms with Crippen molar-refractivity contribution < 1.29 is 27.2 Å². The molecule has 32 heavy (non-hydrogen) atoms. The molecule has 2 bridgehead atoms. The third-order valence-corrected chi connectivity index (χ3v) is 7.65. The lowest BCUT2D eigenvalue weighted by Gasteiger charge is -2.18. The van der Waals surface area contributed by atoms with E-state index in [1.807, 2.05) is 0 Å². The summed E-state index contributed by atoms with van der Waals surface area (Å²) < 4.78 is 44.7. The van der Waals surface area contributed by atoms with E-state index in [1.54, 1.807) is 0 Å². The second-order valence-electron chi connectivity index (χ2n) is 8.85. The highest BCUT2D eigenvalue weighted by molar-refractivity contribution is 6.33. The van der Waals surface area contributed by atoms with Gasteiger partial charge in [0.15, 0.2) is 0 Å². The monoisotopic (exact) mass is 460 g/mol. The van der Waals surface area contributed by atoms with Crippen LogP contribution in [0.2, 0.25) is 5.02 Å². The van der Waals surface area contributed by atoms with Crippen LogP contribution in [0.3, 0.4) is 0 Å². The summed E-state index contributed by atoms with van der Waals surface area (Å²) in [5.74, 6) is -0.789. The number of carbonyl (C=O) groups is 2. The molecule has 1 spiro atoms. The average molecular weight is 461 g/mol. The third kappa shape index (κ3) is 2.62. The zero-order chi connectivity index (χ0) is 22.4. The molecule has 1 saturated heterocycles. The van der Waals surface area contributed by atoms with E-state index in [2.05, 4.69) is 17.3 Å². The van der Waals surface area contributed by atoms with Crippen molar-refractivity contribution >= 4 is 29.6 Å². The number of benzene rings is 1. The molecular formula is C23H16ClF3N2O3. The molecule has 0 unspecified atom stereocenters. The third-order valence-electron chi connectivity index (χ3n) is 7.32. The highest BCUT2D eigenvalue weighted by Crippen LogP contribution is 2.73. The fourth-order valence-corrected chi connectivity index (χ4v) is 5.96. The number of furan rings is 1. The number of alkyl halides is 3. The first kappa shape index (κ1) is 19.8. The van der Waals surface area contributed by atoms with E-state index in [0.29, 0.717) is 0 Å². The number of rotatable bonds is 3. The molecule has 2 heterocycles. The smallest absolute Gasteiger partial charge is 0.416 e. The fourth-order valence-electron chi connectivity index (χ4n) is 5.75. The number of fused-ring (bicyclic) bond motifs is 3. The molecule has 1 aliphatic heterocycles. The lowest BCUT2D eigenvalue weighted by atomic mass is 9.85. The number of carbonyl (C=O) groups excluding carboxylic acids is 2. The van der Waals surface area contributed by atoms with Gasteiger partial charge < -0.3 is 4.42 Å². The number of halogens is 4. The molecular weight excluding hydrogens is 445 g/mol. The number of imide groups is 1. The molecule has 3 aliphatic carbocycles. The summed E-state index contributed by atoms with van der Waals surface area (Å²) >= 11 is 6.06. The van der Waals surface area contributed by atoms with E-state index in [1.165, 1.54) is 18.3 Å². The van der Waals surface area contributed by atoms with E-state index in [4.69, 9.17) is 16.0 Å². The maximum atomic E-state index is 13.0. The van der Waals surface area contributed by atoms with Crippen LogP contribution in [-0.4, -0.2) is 23.0 Å². The molecule has 1 aromatic carbocycles. The van der Waals surface area contributed by atoms with Crippen LogP contribution in [0.25, 0.3) is 11.3 Å². The van der Waals surface area contributed by atoms with Crippen LogP contribution < -0.4 is 0 Å². The van der Waals surface area contributed by atoms with Gasteiger partial charge in [0.25, 0.3) is 11.8 Å². The normalized spacial score (nSPS) is 29.7. The first-order valence-electron chi connectivity index (χ1n) is 10.3. The highest BCUT2D eigenvalue weighted by atomic mass is 35.5. The summed E-state index contributed by atoms with van der Waals surface area (Å²) in [6.07, 6.45) is 2.98. The molecule has 164 valence electrons. The van der Waals surface area contributed by atoms with Crippen molar-refractivity contribution in [1.29, 1.82) is 0 Å². The van der Waals surface area contributed by atoms with E-state index < -0.39 is 11.7 Å². The molecule has 0 radical (unpaired) electrons. The summed E-state index contributed by atoms with van der Waals surface area (Å²) in [5.41, 5.74) is -0.655. The Balaban J connectivity index is 1.24. The van der Waals surface area contributed by atoms with E-state index in [-0.39, 0.29) is 63.0 Å². The summed E-state index contributed by atoms with van der Waals surface area (Å²) in [6.45, 7) is 0. The topological polar surface area (TPSA) is 62.9 Å². The van der Waals surface area contributed by atoms with Gasteiger partial charge in [-0.05, 0) is 60.4 Å². The Hall–Kier alpha value is -2.87. The molecule has 2 aromatic rings. The Bertz CT molecular complexity index is 1190. The van der Waals surface area contributed by atoms with Crippen LogP contribution in [-0.2, 0) is 15.8 Å². The lowest BCUT2D eigenvalue weighted by molar-refractivity contribution is -0.141. The minimum absolute atomic E-state index is 0.0846. The first-order valence-corrected chi connectivity index (χ1v) is 10.7. The Morgan fingerprint density at radius 1 is 1.06 bits per heavy atom. The Kier molecular flexibility index (Phi) is 3.92. The molecule has 2 saturated carbocycles. The molecule has 4 atom stereocenters.